The summed E-state index contributed by atoms with van der Waals surface area (Å²) in [5.41, 5.74) is 0. The van der Waals surface area contributed by atoms with Crippen molar-refractivity contribution in [3.63, 3.8) is 0 Å². The van der Waals surface area contributed by atoms with E-state index in [2.05, 4.69) is 17.1 Å². The quantitative estimate of drug-likeness (QED) is 0.626. The smallest absolute Gasteiger partial charge is 0.0680 e. The monoisotopic (exact) mass is 200 g/mol. The molecule has 82 valence electrons. The number of β-amino-alcohol motifs (C(OH)–C–C–N with tert-alkyl or cyclic N) is 1. The summed E-state index contributed by atoms with van der Waals surface area (Å²) >= 11 is 0. The fourth-order valence-electron chi connectivity index (χ4n) is 2.30. The minimum Gasteiger partial charge on any atom is -0.392 e. The molecule has 2 saturated heterocycles. The second-order valence-electron chi connectivity index (χ2n) is 4.44. The minimum absolute atomic E-state index is 0.140. The third kappa shape index (κ3) is 2.67. The van der Waals surface area contributed by atoms with Gasteiger partial charge in [-0.3, -0.25) is 4.90 Å². The summed E-state index contributed by atoms with van der Waals surface area (Å²) in [7, 11) is 0. The standard InChI is InChI=1S/C10H20N2O2/c1-8-6-12(2-3-14-8)7-9-4-10(13)5-11-9/h8-11,13H,2-7H2,1H3. The van der Waals surface area contributed by atoms with E-state index in [0.717, 1.165) is 39.2 Å². The summed E-state index contributed by atoms with van der Waals surface area (Å²) in [5, 5.41) is 12.7. The molecule has 14 heavy (non-hydrogen) atoms. The van der Waals surface area contributed by atoms with Gasteiger partial charge in [0.25, 0.3) is 0 Å². The first kappa shape index (κ1) is 10.4. The van der Waals surface area contributed by atoms with Gasteiger partial charge in [-0.1, -0.05) is 0 Å². The molecule has 0 saturated carbocycles. The molecule has 0 aromatic carbocycles. The Hall–Kier alpha value is -0.160. The van der Waals surface area contributed by atoms with Gasteiger partial charge in [-0.25, -0.2) is 0 Å². The molecule has 0 spiro atoms. The first-order chi connectivity index (χ1) is 6.74. The summed E-state index contributed by atoms with van der Waals surface area (Å²) < 4.78 is 5.48. The van der Waals surface area contributed by atoms with E-state index >= 15 is 0 Å². The van der Waals surface area contributed by atoms with Crippen LogP contribution in [0.5, 0.6) is 0 Å². The lowest BCUT2D eigenvalue weighted by Crippen LogP contribution is -2.46. The zero-order valence-corrected chi connectivity index (χ0v) is 8.78. The predicted octanol–water partition coefficient (Wildman–Crippen LogP) is -0.570. The predicted molar refractivity (Wildman–Crippen MR) is 54.3 cm³/mol. The van der Waals surface area contributed by atoms with Crippen molar-refractivity contribution in [3.8, 4) is 0 Å². The maximum Gasteiger partial charge on any atom is 0.0680 e. The number of hydrogen-bond acceptors (Lipinski definition) is 4. The summed E-state index contributed by atoms with van der Waals surface area (Å²) in [6, 6.07) is 0.468. The summed E-state index contributed by atoms with van der Waals surface area (Å²) in [5.74, 6) is 0. The molecular formula is C10H20N2O2. The lowest BCUT2D eigenvalue weighted by Gasteiger charge is -2.32. The van der Waals surface area contributed by atoms with Crippen molar-refractivity contribution >= 4 is 0 Å². The molecule has 0 aromatic rings. The number of ether oxygens (including phenoxy) is 1. The van der Waals surface area contributed by atoms with Crippen molar-refractivity contribution < 1.29 is 9.84 Å². The van der Waals surface area contributed by atoms with Crippen LogP contribution in [0.2, 0.25) is 0 Å². The van der Waals surface area contributed by atoms with Crippen LogP contribution in [0.1, 0.15) is 13.3 Å². The molecule has 2 aliphatic rings. The minimum atomic E-state index is -0.140. The molecule has 0 aliphatic carbocycles. The molecule has 0 aromatic heterocycles. The van der Waals surface area contributed by atoms with E-state index in [0.29, 0.717) is 12.1 Å². The van der Waals surface area contributed by atoms with Crippen LogP contribution in [-0.4, -0.2) is 61.0 Å². The zero-order chi connectivity index (χ0) is 9.97. The molecule has 2 aliphatic heterocycles. The number of nitrogens with zero attached hydrogens (tertiary/aromatic N) is 1. The van der Waals surface area contributed by atoms with Gasteiger partial charge in [-0.15, -0.1) is 0 Å². The summed E-state index contributed by atoms with van der Waals surface area (Å²) in [6.07, 6.45) is 1.11. The third-order valence-corrected chi connectivity index (χ3v) is 3.00. The summed E-state index contributed by atoms with van der Waals surface area (Å²) in [4.78, 5) is 2.42. The van der Waals surface area contributed by atoms with E-state index in [1.54, 1.807) is 0 Å². The van der Waals surface area contributed by atoms with E-state index in [-0.39, 0.29) is 6.10 Å². The Morgan fingerprint density at radius 3 is 3.07 bits per heavy atom. The van der Waals surface area contributed by atoms with Crippen molar-refractivity contribution in [3.05, 3.63) is 0 Å². The number of aliphatic hydroxyl groups excluding tert-OH is 1. The van der Waals surface area contributed by atoms with Gasteiger partial charge in [0.05, 0.1) is 18.8 Å². The van der Waals surface area contributed by atoms with Crippen LogP contribution in [0.3, 0.4) is 0 Å². The second kappa shape index (κ2) is 4.57. The van der Waals surface area contributed by atoms with Crippen molar-refractivity contribution in [2.24, 2.45) is 0 Å². The van der Waals surface area contributed by atoms with Gasteiger partial charge in [0.2, 0.25) is 0 Å². The zero-order valence-electron chi connectivity index (χ0n) is 8.78. The number of rotatable bonds is 2. The molecule has 0 bridgehead atoms. The Balaban J connectivity index is 1.74. The van der Waals surface area contributed by atoms with Gasteiger partial charge >= 0.3 is 0 Å². The lowest BCUT2D eigenvalue weighted by molar-refractivity contribution is -0.0206. The van der Waals surface area contributed by atoms with E-state index in [1.807, 2.05) is 0 Å². The molecule has 0 radical (unpaired) electrons. The Kier molecular flexibility index (Phi) is 3.38. The fraction of sp³-hybridized carbons (Fsp3) is 1.00. The van der Waals surface area contributed by atoms with Crippen molar-refractivity contribution in [1.82, 2.24) is 10.2 Å². The average molecular weight is 200 g/mol. The molecule has 2 N–H and O–H groups in total. The third-order valence-electron chi connectivity index (χ3n) is 3.00. The van der Waals surface area contributed by atoms with Gasteiger partial charge < -0.3 is 15.2 Å². The molecule has 3 unspecified atom stereocenters. The van der Waals surface area contributed by atoms with Crippen molar-refractivity contribution in [1.29, 1.82) is 0 Å². The highest BCUT2D eigenvalue weighted by atomic mass is 16.5. The molecular weight excluding hydrogens is 180 g/mol. The number of aliphatic hydroxyl groups is 1. The number of morpholine rings is 1. The lowest BCUT2D eigenvalue weighted by atomic mass is 10.2. The molecule has 0 amide bonds. The van der Waals surface area contributed by atoms with E-state index in [9.17, 15) is 5.11 Å². The van der Waals surface area contributed by atoms with Crippen LogP contribution in [0, 0.1) is 0 Å². The maximum absolute atomic E-state index is 9.38. The van der Waals surface area contributed by atoms with Gasteiger partial charge in [0.1, 0.15) is 0 Å². The van der Waals surface area contributed by atoms with E-state index in [1.165, 1.54) is 0 Å². The van der Waals surface area contributed by atoms with E-state index < -0.39 is 0 Å². The normalized spacial score (nSPS) is 40.3. The van der Waals surface area contributed by atoms with Crippen LogP contribution in [0.25, 0.3) is 0 Å². The van der Waals surface area contributed by atoms with Crippen LogP contribution in [0.15, 0.2) is 0 Å². The molecule has 2 rings (SSSR count). The Bertz CT molecular complexity index is 189. The Labute approximate surface area is 85.2 Å². The second-order valence-corrected chi connectivity index (χ2v) is 4.44. The van der Waals surface area contributed by atoms with Crippen LogP contribution >= 0.6 is 0 Å². The molecule has 4 heteroatoms. The van der Waals surface area contributed by atoms with Crippen LogP contribution in [0.4, 0.5) is 0 Å². The highest BCUT2D eigenvalue weighted by molar-refractivity contribution is 4.84. The van der Waals surface area contributed by atoms with Gasteiger partial charge in [-0.05, 0) is 13.3 Å². The maximum atomic E-state index is 9.38. The fourth-order valence-corrected chi connectivity index (χ4v) is 2.30. The van der Waals surface area contributed by atoms with Crippen molar-refractivity contribution in [2.75, 3.05) is 32.8 Å². The highest BCUT2D eigenvalue weighted by Gasteiger charge is 2.25. The average Bonchev–Trinajstić information content (AvgIpc) is 2.51. The number of nitrogens with one attached hydrogen (secondary N) is 1. The highest BCUT2D eigenvalue weighted by Crippen LogP contribution is 2.10. The molecule has 2 fully saturated rings. The largest absolute Gasteiger partial charge is 0.392 e. The summed E-state index contributed by atoms with van der Waals surface area (Å²) in [6.45, 7) is 6.81. The molecule has 3 atom stereocenters. The molecule has 2 heterocycles. The van der Waals surface area contributed by atoms with Gasteiger partial charge in [-0.2, -0.15) is 0 Å². The Morgan fingerprint density at radius 2 is 2.43 bits per heavy atom. The Morgan fingerprint density at radius 1 is 1.57 bits per heavy atom. The first-order valence-corrected chi connectivity index (χ1v) is 5.49. The first-order valence-electron chi connectivity index (χ1n) is 5.49. The number of hydrogen-bond donors (Lipinski definition) is 2. The van der Waals surface area contributed by atoms with Crippen LogP contribution in [-0.2, 0) is 4.74 Å². The van der Waals surface area contributed by atoms with Gasteiger partial charge in [0.15, 0.2) is 0 Å². The van der Waals surface area contributed by atoms with Crippen molar-refractivity contribution in [2.45, 2.75) is 31.6 Å². The van der Waals surface area contributed by atoms with Crippen LogP contribution < -0.4 is 5.32 Å². The SMILES string of the molecule is CC1CN(CC2CC(O)CN2)CCO1. The van der Waals surface area contributed by atoms with E-state index in [4.69, 9.17) is 4.74 Å². The molecule has 4 nitrogen and oxygen atoms in total. The topological polar surface area (TPSA) is 44.7 Å². The van der Waals surface area contributed by atoms with Gasteiger partial charge in [0, 0.05) is 32.2 Å².